The molecule has 0 aromatic carbocycles. The van der Waals surface area contributed by atoms with Crippen LogP contribution in [0.5, 0.6) is 0 Å². The van der Waals surface area contributed by atoms with E-state index in [-0.39, 0.29) is 36.7 Å². The van der Waals surface area contributed by atoms with Crippen molar-refractivity contribution in [3.63, 3.8) is 0 Å². The Morgan fingerprint density at radius 2 is 1.82 bits per heavy atom. The molecule has 0 aromatic heterocycles. The van der Waals surface area contributed by atoms with Crippen LogP contribution in [0.15, 0.2) is 0 Å². The molecule has 1 saturated carbocycles. The number of hydrogen-bond acceptors (Lipinski definition) is 2. The fourth-order valence-electron chi connectivity index (χ4n) is 3.66. The molecule has 0 bridgehead atoms. The lowest BCUT2D eigenvalue weighted by Crippen LogP contribution is -2.47. The number of amides is 1. The van der Waals surface area contributed by atoms with Crippen LogP contribution in [0.25, 0.3) is 0 Å². The van der Waals surface area contributed by atoms with Gasteiger partial charge >= 0.3 is 6.18 Å². The Hall–Kier alpha value is -0.490. The number of carbonyl (C=O) groups is 1. The van der Waals surface area contributed by atoms with Gasteiger partial charge in [0.25, 0.3) is 0 Å². The summed E-state index contributed by atoms with van der Waals surface area (Å²) in [4.78, 5) is 13.8. The minimum Gasteiger partial charge on any atom is -0.342 e. The molecule has 130 valence electrons. The molecule has 1 amide bonds. The maximum Gasteiger partial charge on any atom is 0.393 e. The lowest BCUT2D eigenvalue weighted by molar-refractivity contribution is -0.188. The largest absolute Gasteiger partial charge is 0.393 e. The molecule has 2 aliphatic rings. The second-order valence-electron chi connectivity index (χ2n) is 6.66. The number of hydrogen-bond donors (Lipinski definition) is 1. The predicted molar refractivity (Wildman–Crippen MR) is 81.8 cm³/mol. The third-order valence-corrected chi connectivity index (χ3v) is 5.11. The Morgan fingerprint density at radius 1 is 1.18 bits per heavy atom. The van der Waals surface area contributed by atoms with Crippen LogP contribution in [0.2, 0.25) is 0 Å². The zero-order valence-corrected chi connectivity index (χ0v) is 13.6. The normalized spacial score (nSPS) is 25.5. The summed E-state index contributed by atoms with van der Waals surface area (Å²) in [6.45, 7) is 0.727. The lowest BCUT2D eigenvalue weighted by Gasteiger charge is -2.39. The van der Waals surface area contributed by atoms with Crippen LogP contribution in [0.1, 0.15) is 51.4 Å². The molecule has 22 heavy (non-hydrogen) atoms. The van der Waals surface area contributed by atoms with Crippen LogP contribution in [0.4, 0.5) is 13.2 Å². The molecule has 2 rings (SSSR count). The van der Waals surface area contributed by atoms with E-state index >= 15 is 0 Å². The van der Waals surface area contributed by atoms with Gasteiger partial charge in [-0.3, -0.25) is 4.79 Å². The van der Waals surface area contributed by atoms with Gasteiger partial charge in [-0.2, -0.15) is 13.2 Å². The van der Waals surface area contributed by atoms with E-state index in [1.165, 1.54) is 4.90 Å². The van der Waals surface area contributed by atoms with Crippen molar-refractivity contribution >= 4 is 18.3 Å². The van der Waals surface area contributed by atoms with Crippen LogP contribution in [0.3, 0.4) is 0 Å². The predicted octanol–water partition coefficient (Wildman–Crippen LogP) is 3.51. The molecule has 0 radical (unpaired) electrons. The van der Waals surface area contributed by atoms with Gasteiger partial charge in [-0.05, 0) is 37.6 Å². The number of alkyl halides is 3. The van der Waals surface area contributed by atoms with Crippen molar-refractivity contribution in [1.29, 1.82) is 0 Å². The molecule has 1 saturated heterocycles. The maximum atomic E-state index is 12.8. The highest BCUT2D eigenvalue weighted by Crippen LogP contribution is 2.40. The van der Waals surface area contributed by atoms with Crippen LogP contribution < -0.4 is 5.73 Å². The Kier molecular flexibility index (Phi) is 6.99. The number of piperidine rings is 1. The van der Waals surface area contributed by atoms with Crippen molar-refractivity contribution < 1.29 is 18.0 Å². The lowest BCUT2D eigenvalue weighted by atomic mass is 9.71. The molecule has 1 aliphatic carbocycles. The molecule has 0 spiro atoms. The van der Waals surface area contributed by atoms with E-state index in [4.69, 9.17) is 5.73 Å². The fraction of sp³-hybridized carbons (Fsp3) is 0.933. The van der Waals surface area contributed by atoms with Gasteiger partial charge in [0.15, 0.2) is 0 Å². The van der Waals surface area contributed by atoms with Gasteiger partial charge in [0.2, 0.25) is 5.91 Å². The molecular formula is C15H26ClF3N2O. The van der Waals surface area contributed by atoms with Crippen LogP contribution in [-0.4, -0.2) is 36.6 Å². The summed E-state index contributed by atoms with van der Waals surface area (Å²) in [6, 6.07) is 0. The van der Waals surface area contributed by atoms with E-state index in [0.29, 0.717) is 25.9 Å². The van der Waals surface area contributed by atoms with Gasteiger partial charge < -0.3 is 10.6 Å². The molecule has 0 aromatic rings. The molecule has 1 aliphatic heterocycles. The van der Waals surface area contributed by atoms with Crippen LogP contribution >= 0.6 is 12.4 Å². The second kappa shape index (κ2) is 7.86. The Balaban J connectivity index is 0.00000242. The molecule has 1 atom stereocenters. The zero-order valence-electron chi connectivity index (χ0n) is 12.8. The Labute approximate surface area is 136 Å². The highest BCUT2D eigenvalue weighted by atomic mass is 35.5. The molecule has 1 unspecified atom stereocenters. The van der Waals surface area contributed by atoms with Gasteiger partial charge in [0.05, 0.1) is 5.92 Å². The first-order chi connectivity index (χ1) is 9.86. The summed E-state index contributed by atoms with van der Waals surface area (Å²) >= 11 is 0. The van der Waals surface area contributed by atoms with E-state index in [1.54, 1.807) is 0 Å². The Morgan fingerprint density at radius 3 is 2.36 bits per heavy atom. The summed E-state index contributed by atoms with van der Waals surface area (Å²) in [5.74, 6) is -1.51. The molecule has 7 heteroatoms. The molecular weight excluding hydrogens is 317 g/mol. The van der Waals surface area contributed by atoms with Crippen LogP contribution in [0, 0.1) is 11.3 Å². The van der Waals surface area contributed by atoms with Crippen molar-refractivity contribution in [2.45, 2.75) is 57.5 Å². The molecule has 2 fully saturated rings. The first-order valence-electron chi connectivity index (χ1n) is 7.91. The van der Waals surface area contributed by atoms with Crippen molar-refractivity contribution in [1.82, 2.24) is 4.90 Å². The second-order valence-corrected chi connectivity index (χ2v) is 6.66. The number of nitrogens with zero attached hydrogens (tertiary/aromatic N) is 1. The molecule has 2 N–H and O–H groups in total. The smallest absolute Gasteiger partial charge is 0.342 e. The van der Waals surface area contributed by atoms with Gasteiger partial charge in [0.1, 0.15) is 0 Å². The van der Waals surface area contributed by atoms with E-state index in [1.807, 2.05) is 0 Å². The average Bonchev–Trinajstić information content (AvgIpc) is 2.47. The fourth-order valence-corrected chi connectivity index (χ4v) is 3.66. The standard InChI is InChI=1S/C15H25F3N2O.ClH/c16-15(17,18)12-5-4-8-20(10-12)13(21)9-14(11-19)6-2-1-3-7-14;/h12H,1-11,19H2;1H. The van der Waals surface area contributed by atoms with E-state index in [2.05, 4.69) is 0 Å². The molecule has 1 heterocycles. The van der Waals surface area contributed by atoms with E-state index in [9.17, 15) is 18.0 Å². The maximum absolute atomic E-state index is 12.8. The summed E-state index contributed by atoms with van der Waals surface area (Å²) < 4.78 is 38.5. The van der Waals surface area contributed by atoms with E-state index < -0.39 is 12.1 Å². The summed E-state index contributed by atoms with van der Waals surface area (Å²) in [5, 5.41) is 0. The number of rotatable bonds is 3. The minimum atomic E-state index is -4.20. The first-order valence-corrected chi connectivity index (χ1v) is 7.91. The van der Waals surface area contributed by atoms with Crippen molar-refractivity contribution in [2.24, 2.45) is 17.1 Å². The number of halogens is 4. The topological polar surface area (TPSA) is 46.3 Å². The average molecular weight is 343 g/mol. The van der Waals surface area contributed by atoms with E-state index in [0.717, 1.165) is 32.1 Å². The van der Waals surface area contributed by atoms with Gasteiger partial charge in [-0.25, -0.2) is 0 Å². The first kappa shape index (κ1) is 19.6. The quantitative estimate of drug-likeness (QED) is 0.853. The number of carbonyl (C=O) groups excluding carboxylic acids is 1. The highest BCUT2D eigenvalue weighted by molar-refractivity contribution is 5.85. The highest BCUT2D eigenvalue weighted by Gasteiger charge is 2.43. The number of nitrogens with two attached hydrogens (primary N) is 1. The zero-order chi connectivity index (χ0) is 15.5. The number of likely N-dealkylation sites (tertiary alicyclic amines) is 1. The van der Waals surface area contributed by atoms with Gasteiger partial charge in [-0.15, -0.1) is 12.4 Å². The van der Waals surface area contributed by atoms with Crippen molar-refractivity contribution in [3.8, 4) is 0 Å². The van der Waals surface area contributed by atoms with Crippen molar-refractivity contribution in [3.05, 3.63) is 0 Å². The van der Waals surface area contributed by atoms with Crippen molar-refractivity contribution in [2.75, 3.05) is 19.6 Å². The SMILES string of the molecule is Cl.NCC1(CC(=O)N2CCCC(C(F)(F)F)C2)CCCCC1. The van der Waals surface area contributed by atoms with Gasteiger partial charge in [-0.1, -0.05) is 19.3 Å². The van der Waals surface area contributed by atoms with Crippen LogP contribution in [-0.2, 0) is 4.79 Å². The molecule has 3 nitrogen and oxygen atoms in total. The third kappa shape index (κ3) is 4.75. The summed E-state index contributed by atoms with van der Waals surface area (Å²) in [7, 11) is 0. The monoisotopic (exact) mass is 342 g/mol. The minimum absolute atomic E-state index is 0. The third-order valence-electron chi connectivity index (χ3n) is 5.11. The summed E-state index contributed by atoms with van der Waals surface area (Å²) in [5.41, 5.74) is 5.68. The Bertz CT molecular complexity index is 370. The van der Waals surface area contributed by atoms with Gasteiger partial charge in [0, 0.05) is 19.5 Å². The summed E-state index contributed by atoms with van der Waals surface area (Å²) in [6.07, 6.45) is 1.82.